The zero-order chi connectivity index (χ0) is 29.3. The molecule has 4 aromatic rings. The van der Waals surface area contributed by atoms with Crippen LogP contribution in [0.4, 0.5) is 4.79 Å². The van der Waals surface area contributed by atoms with Crippen LogP contribution in [-0.4, -0.2) is 57.6 Å². The lowest BCUT2D eigenvalue weighted by Gasteiger charge is -2.40. The number of piperidine rings is 1. The highest BCUT2D eigenvalue weighted by atomic mass is 16.5. The summed E-state index contributed by atoms with van der Waals surface area (Å²) in [6.45, 7) is 1.96. The number of carbonyl (C=O) groups excluding carboxylic acids is 1. The number of hydrogen-bond donors (Lipinski definition) is 0. The Morgan fingerprint density at radius 1 is 0.857 bits per heavy atom. The first-order valence-electron chi connectivity index (χ1n) is 14.2. The summed E-state index contributed by atoms with van der Waals surface area (Å²) in [5.74, 6) is 3.06. The van der Waals surface area contributed by atoms with Crippen molar-refractivity contribution in [1.29, 1.82) is 0 Å². The smallest absolute Gasteiger partial charge is 0.137 e. The molecule has 2 unspecified atom stereocenters. The molecule has 5 rings (SSSR count). The average Bonchev–Trinajstić information content (AvgIpc) is 3.03. The highest BCUT2D eigenvalue weighted by Crippen LogP contribution is 2.38. The number of nitrogens with zero attached hydrogens (tertiary/aromatic N) is 1. The Kier molecular flexibility index (Phi) is 9.66. The number of benzene rings is 4. The van der Waals surface area contributed by atoms with Gasteiger partial charge in [-0.05, 0) is 42.3 Å². The molecule has 8 nitrogen and oxygen atoms in total. The molecule has 42 heavy (non-hydrogen) atoms. The van der Waals surface area contributed by atoms with Crippen LogP contribution in [-0.2, 0) is 11.3 Å². The number of rotatable bonds is 12. The maximum atomic E-state index is 11.7. The Morgan fingerprint density at radius 3 is 2.19 bits per heavy atom. The van der Waals surface area contributed by atoms with E-state index in [1.807, 2.05) is 84.9 Å². The number of carbonyl (C=O) groups is 1. The fourth-order valence-electron chi connectivity index (χ4n) is 5.48. The van der Waals surface area contributed by atoms with Crippen LogP contribution >= 0.6 is 0 Å². The molecule has 1 amide bonds. The molecule has 220 valence electrons. The third kappa shape index (κ3) is 6.89. The van der Waals surface area contributed by atoms with Gasteiger partial charge in [0.15, 0.2) is 0 Å². The number of ether oxygens (including phenoxy) is 5. The molecule has 1 fully saturated rings. The number of amides is 1. The number of methoxy groups -OCH3 is 2. The third-order valence-corrected chi connectivity index (χ3v) is 7.61. The van der Waals surface area contributed by atoms with E-state index < -0.39 is 6.09 Å². The third-order valence-electron chi connectivity index (χ3n) is 7.61. The Labute approximate surface area is 246 Å². The van der Waals surface area contributed by atoms with Crippen LogP contribution in [0.15, 0.2) is 84.9 Å². The molecule has 1 aliphatic heterocycles. The van der Waals surface area contributed by atoms with Crippen LogP contribution in [0.5, 0.6) is 23.0 Å². The molecule has 0 aromatic heterocycles. The van der Waals surface area contributed by atoms with Crippen molar-refractivity contribution >= 4 is 16.9 Å². The first-order valence-corrected chi connectivity index (χ1v) is 14.2. The minimum Gasteiger partial charge on any atom is -0.530 e. The molecule has 1 aliphatic rings. The summed E-state index contributed by atoms with van der Waals surface area (Å²) in [6, 6.07) is 27.5. The SMILES string of the molecule is COc1cc(COC2CN(C(=O)[O-])CCC2c2ccc(OCCCOc3ccccc3)cc2)c(OC)c2ccccc12. The van der Waals surface area contributed by atoms with Gasteiger partial charge in [0.05, 0.1) is 40.1 Å². The van der Waals surface area contributed by atoms with Gasteiger partial charge in [0.25, 0.3) is 0 Å². The lowest BCUT2D eigenvalue weighted by molar-refractivity contribution is -0.268. The van der Waals surface area contributed by atoms with Gasteiger partial charge in [0.1, 0.15) is 29.1 Å². The predicted octanol–water partition coefficient (Wildman–Crippen LogP) is 5.42. The lowest BCUT2D eigenvalue weighted by Crippen LogP contribution is -2.51. The largest absolute Gasteiger partial charge is 0.530 e. The van der Waals surface area contributed by atoms with Gasteiger partial charge in [0.2, 0.25) is 0 Å². The molecule has 8 heteroatoms. The summed E-state index contributed by atoms with van der Waals surface area (Å²) in [7, 11) is 3.28. The van der Waals surface area contributed by atoms with Crippen molar-refractivity contribution in [2.75, 3.05) is 40.5 Å². The van der Waals surface area contributed by atoms with Crippen LogP contribution in [0.25, 0.3) is 10.8 Å². The van der Waals surface area contributed by atoms with Gasteiger partial charge >= 0.3 is 0 Å². The molecule has 0 spiro atoms. The van der Waals surface area contributed by atoms with E-state index in [9.17, 15) is 9.90 Å². The summed E-state index contributed by atoms with van der Waals surface area (Å²) in [4.78, 5) is 13.0. The minimum atomic E-state index is -1.19. The summed E-state index contributed by atoms with van der Waals surface area (Å²) in [6.07, 6.45) is -0.182. The van der Waals surface area contributed by atoms with Crippen molar-refractivity contribution in [3.63, 3.8) is 0 Å². The van der Waals surface area contributed by atoms with Gasteiger partial charge in [0, 0.05) is 41.8 Å². The fraction of sp³-hybridized carbons (Fsp3) is 0.324. The van der Waals surface area contributed by atoms with Gasteiger partial charge in [-0.1, -0.05) is 54.6 Å². The van der Waals surface area contributed by atoms with E-state index in [0.717, 1.165) is 45.6 Å². The van der Waals surface area contributed by atoms with E-state index >= 15 is 0 Å². The van der Waals surface area contributed by atoms with Gasteiger partial charge < -0.3 is 38.5 Å². The van der Waals surface area contributed by atoms with Crippen molar-refractivity contribution < 1.29 is 33.6 Å². The molecule has 0 aliphatic carbocycles. The second-order valence-corrected chi connectivity index (χ2v) is 10.2. The highest BCUT2D eigenvalue weighted by Gasteiger charge is 2.32. The molecular formula is C34H36NO7-. The average molecular weight is 571 g/mol. The van der Waals surface area contributed by atoms with E-state index in [2.05, 4.69) is 0 Å². The Balaban J connectivity index is 1.25. The van der Waals surface area contributed by atoms with Crippen LogP contribution < -0.4 is 24.1 Å². The molecule has 0 saturated carbocycles. The van der Waals surface area contributed by atoms with Crippen LogP contribution in [0.3, 0.4) is 0 Å². The quantitative estimate of drug-likeness (QED) is 0.210. The number of para-hydroxylation sites is 1. The molecule has 2 atom stereocenters. The summed E-state index contributed by atoms with van der Waals surface area (Å²) in [5.41, 5.74) is 1.90. The second kappa shape index (κ2) is 14.0. The molecule has 0 radical (unpaired) electrons. The predicted molar refractivity (Wildman–Crippen MR) is 158 cm³/mol. The topological polar surface area (TPSA) is 89.5 Å². The molecule has 4 aromatic carbocycles. The van der Waals surface area contributed by atoms with Crippen LogP contribution in [0, 0.1) is 0 Å². The highest BCUT2D eigenvalue weighted by molar-refractivity contribution is 5.94. The lowest BCUT2D eigenvalue weighted by atomic mass is 9.87. The van der Waals surface area contributed by atoms with Crippen molar-refractivity contribution in [2.24, 2.45) is 0 Å². The van der Waals surface area contributed by atoms with Crippen molar-refractivity contribution in [1.82, 2.24) is 4.90 Å². The van der Waals surface area contributed by atoms with Crippen LogP contribution in [0.2, 0.25) is 0 Å². The zero-order valence-corrected chi connectivity index (χ0v) is 24.0. The van der Waals surface area contributed by atoms with E-state index in [1.165, 1.54) is 4.90 Å². The number of fused-ring (bicyclic) bond motifs is 1. The van der Waals surface area contributed by atoms with E-state index in [0.29, 0.717) is 31.9 Å². The van der Waals surface area contributed by atoms with E-state index in [-0.39, 0.29) is 25.2 Å². The normalized spacial score (nSPS) is 16.7. The summed E-state index contributed by atoms with van der Waals surface area (Å²) >= 11 is 0. The fourth-order valence-corrected chi connectivity index (χ4v) is 5.48. The monoisotopic (exact) mass is 570 g/mol. The van der Waals surface area contributed by atoms with Gasteiger partial charge in [-0.3, -0.25) is 0 Å². The molecular weight excluding hydrogens is 534 g/mol. The van der Waals surface area contributed by atoms with Crippen molar-refractivity contribution in [3.05, 3.63) is 96.1 Å². The van der Waals surface area contributed by atoms with Gasteiger partial charge in [-0.15, -0.1) is 0 Å². The zero-order valence-electron chi connectivity index (χ0n) is 24.0. The minimum absolute atomic E-state index is 0.00210. The number of likely N-dealkylation sites (tertiary alicyclic amines) is 1. The molecule has 0 bridgehead atoms. The summed E-state index contributed by atoms with van der Waals surface area (Å²) in [5, 5.41) is 13.6. The van der Waals surface area contributed by atoms with E-state index in [4.69, 9.17) is 23.7 Å². The van der Waals surface area contributed by atoms with Crippen molar-refractivity contribution in [3.8, 4) is 23.0 Å². The first-order chi connectivity index (χ1) is 20.6. The number of hydrogen-bond acceptors (Lipinski definition) is 7. The Morgan fingerprint density at radius 2 is 1.52 bits per heavy atom. The molecule has 0 N–H and O–H groups in total. The van der Waals surface area contributed by atoms with E-state index in [1.54, 1.807) is 14.2 Å². The molecule has 1 heterocycles. The maximum Gasteiger partial charge on any atom is 0.137 e. The first kappa shape index (κ1) is 29.1. The standard InChI is InChI=1S/C34H37NO7/c1-38-31-21-25(33(39-2)30-12-7-6-11-29(30)31)23-42-32-22-35(34(36)37)18-17-28(32)24-13-15-27(16-14-24)41-20-8-19-40-26-9-4-3-5-10-26/h3-7,9-16,21,28,32H,8,17-20,22-23H2,1-2H3,(H,36,37)/p-1. The molecule has 1 saturated heterocycles. The Bertz CT molecular complexity index is 1460. The maximum absolute atomic E-state index is 11.7. The van der Waals surface area contributed by atoms with Gasteiger partial charge in [-0.25, -0.2) is 0 Å². The number of carboxylic acid groups (broad SMARTS) is 1. The van der Waals surface area contributed by atoms with Crippen molar-refractivity contribution in [2.45, 2.75) is 31.5 Å². The summed E-state index contributed by atoms with van der Waals surface area (Å²) < 4.78 is 29.5. The Hall–Kier alpha value is -4.43. The van der Waals surface area contributed by atoms with Gasteiger partial charge in [-0.2, -0.15) is 0 Å². The second-order valence-electron chi connectivity index (χ2n) is 10.2. The van der Waals surface area contributed by atoms with Crippen LogP contribution in [0.1, 0.15) is 29.9 Å².